The highest BCUT2D eigenvalue weighted by Crippen LogP contribution is 2.32. The van der Waals surface area contributed by atoms with Crippen LogP contribution in [-0.2, 0) is 0 Å². The van der Waals surface area contributed by atoms with Gasteiger partial charge >= 0.3 is 0 Å². The largest absolute Gasteiger partial charge is 0.468 e. The van der Waals surface area contributed by atoms with Gasteiger partial charge in [-0.15, -0.1) is 0 Å². The Bertz CT molecular complexity index is 310. The topological polar surface area (TPSA) is 28.4 Å². The number of rotatable bonds is 2. The van der Waals surface area contributed by atoms with Crippen molar-refractivity contribution in [1.29, 1.82) is 0 Å². The molecule has 1 aromatic heterocycles. The molecule has 0 amide bonds. The zero-order valence-electron chi connectivity index (χ0n) is 9.15. The first-order valence-electron chi connectivity index (χ1n) is 5.83. The van der Waals surface area contributed by atoms with Crippen LogP contribution in [0, 0.1) is 11.8 Å². The van der Waals surface area contributed by atoms with Crippen LogP contribution in [0.15, 0.2) is 22.8 Å². The second-order valence-electron chi connectivity index (χ2n) is 4.82. The Morgan fingerprint density at radius 2 is 2.13 bits per heavy atom. The molecular formula is C12H18N2O. The van der Waals surface area contributed by atoms with E-state index >= 15 is 0 Å². The molecule has 0 aliphatic carbocycles. The molecule has 1 N–H and O–H groups in total. The Hall–Kier alpha value is -0.800. The summed E-state index contributed by atoms with van der Waals surface area (Å²) in [4.78, 5) is 2.55. The zero-order valence-corrected chi connectivity index (χ0v) is 9.15. The van der Waals surface area contributed by atoms with Crippen LogP contribution < -0.4 is 5.32 Å². The van der Waals surface area contributed by atoms with E-state index in [0.717, 1.165) is 17.6 Å². The van der Waals surface area contributed by atoms with Crippen LogP contribution in [0.5, 0.6) is 0 Å². The van der Waals surface area contributed by atoms with Crippen molar-refractivity contribution in [2.45, 2.75) is 13.0 Å². The van der Waals surface area contributed by atoms with E-state index in [4.69, 9.17) is 4.42 Å². The van der Waals surface area contributed by atoms with Gasteiger partial charge in [0.15, 0.2) is 0 Å². The first kappa shape index (κ1) is 9.43. The summed E-state index contributed by atoms with van der Waals surface area (Å²) in [6.45, 7) is 7.09. The van der Waals surface area contributed by atoms with Gasteiger partial charge in [-0.25, -0.2) is 0 Å². The van der Waals surface area contributed by atoms with Crippen molar-refractivity contribution >= 4 is 0 Å². The highest BCUT2D eigenvalue weighted by atomic mass is 16.3. The molecule has 3 nitrogen and oxygen atoms in total. The van der Waals surface area contributed by atoms with E-state index in [0.29, 0.717) is 6.04 Å². The van der Waals surface area contributed by atoms with Gasteiger partial charge in [-0.3, -0.25) is 4.90 Å². The fraction of sp³-hybridized carbons (Fsp3) is 0.667. The maximum Gasteiger partial charge on any atom is 0.120 e. The highest BCUT2D eigenvalue weighted by molar-refractivity contribution is 5.05. The van der Waals surface area contributed by atoms with Crippen molar-refractivity contribution in [3.05, 3.63) is 24.2 Å². The fourth-order valence-corrected chi connectivity index (χ4v) is 2.92. The van der Waals surface area contributed by atoms with Crippen molar-refractivity contribution in [2.75, 3.05) is 26.2 Å². The summed E-state index contributed by atoms with van der Waals surface area (Å²) in [7, 11) is 0. The minimum absolute atomic E-state index is 0.436. The van der Waals surface area contributed by atoms with E-state index in [2.05, 4.69) is 23.2 Å². The molecule has 3 atom stereocenters. The Morgan fingerprint density at radius 1 is 1.40 bits per heavy atom. The van der Waals surface area contributed by atoms with E-state index in [1.165, 1.54) is 26.2 Å². The van der Waals surface area contributed by atoms with E-state index in [1.807, 2.05) is 6.07 Å². The van der Waals surface area contributed by atoms with Gasteiger partial charge in [0.1, 0.15) is 5.76 Å². The van der Waals surface area contributed by atoms with Gasteiger partial charge < -0.3 is 9.73 Å². The molecule has 3 rings (SSSR count). The lowest BCUT2D eigenvalue weighted by atomic mass is 10.0. The van der Waals surface area contributed by atoms with Crippen molar-refractivity contribution in [1.82, 2.24) is 10.2 Å². The number of hydrogen-bond donors (Lipinski definition) is 1. The summed E-state index contributed by atoms with van der Waals surface area (Å²) < 4.78 is 5.47. The average Bonchev–Trinajstić information content (AvgIpc) is 2.92. The molecule has 2 saturated heterocycles. The van der Waals surface area contributed by atoms with Crippen molar-refractivity contribution in [3.8, 4) is 0 Å². The maximum atomic E-state index is 5.47. The van der Waals surface area contributed by atoms with E-state index in [-0.39, 0.29) is 0 Å². The second-order valence-corrected chi connectivity index (χ2v) is 4.82. The molecule has 82 valence electrons. The maximum absolute atomic E-state index is 5.47. The number of fused-ring (bicyclic) bond motifs is 1. The van der Waals surface area contributed by atoms with Crippen LogP contribution in [0.1, 0.15) is 18.7 Å². The summed E-state index contributed by atoms with van der Waals surface area (Å²) in [5.41, 5.74) is 0. The molecule has 15 heavy (non-hydrogen) atoms. The second kappa shape index (κ2) is 3.65. The van der Waals surface area contributed by atoms with E-state index in [9.17, 15) is 0 Å². The van der Waals surface area contributed by atoms with Crippen LogP contribution in [0.4, 0.5) is 0 Å². The van der Waals surface area contributed by atoms with Crippen LogP contribution in [0.3, 0.4) is 0 Å². The lowest BCUT2D eigenvalue weighted by Gasteiger charge is -2.23. The van der Waals surface area contributed by atoms with Crippen molar-refractivity contribution in [3.63, 3.8) is 0 Å². The summed E-state index contributed by atoms with van der Waals surface area (Å²) in [6, 6.07) is 4.49. The average molecular weight is 206 g/mol. The van der Waals surface area contributed by atoms with Gasteiger partial charge in [-0.1, -0.05) is 0 Å². The Kier molecular flexibility index (Phi) is 2.29. The third-order valence-corrected chi connectivity index (χ3v) is 3.92. The molecule has 2 aliphatic rings. The lowest BCUT2D eigenvalue weighted by molar-refractivity contribution is 0.216. The number of nitrogens with one attached hydrogen (secondary N) is 1. The molecule has 0 radical (unpaired) electrons. The molecule has 0 aromatic carbocycles. The van der Waals surface area contributed by atoms with E-state index < -0.39 is 0 Å². The SMILES string of the molecule is CC(c1ccco1)N1CC2CNCC2C1. The Morgan fingerprint density at radius 3 is 2.73 bits per heavy atom. The first-order chi connectivity index (χ1) is 7.34. The molecule has 3 heteroatoms. The molecule has 0 bridgehead atoms. The molecule has 0 saturated carbocycles. The predicted octanol–water partition coefficient (Wildman–Crippen LogP) is 1.49. The molecule has 0 spiro atoms. The van der Waals surface area contributed by atoms with Gasteiger partial charge in [-0.05, 0) is 44.0 Å². The van der Waals surface area contributed by atoms with Crippen molar-refractivity contribution < 1.29 is 4.42 Å². The molecule has 1 aromatic rings. The molecule has 3 unspecified atom stereocenters. The quantitative estimate of drug-likeness (QED) is 0.794. The van der Waals surface area contributed by atoms with Gasteiger partial charge in [0.05, 0.1) is 12.3 Å². The number of likely N-dealkylation sites (tertiary alicyclic amines) is 1. The Balaban J connectivity index is 1.69. The number of hydrogen-bond acceptors (Lipinski definition) is 3. The lowest BCUT2D eigenvalue weighted by Crippen LogP contribution is -2.28. The van der Waals surface area contributed by atoms with Gasteiger partial charge in [0.25, 0.3) is 0 Å². The Labute approximate surface area is 90.4 Å². The van der Waals surface area contributed by atoms with Crippen molar-refractivity contribution in [2.24, 2.45) is 11.8 Å². The highest BCUT2D eigenvalue weighted by Gasteiger charge is 2.38. The molecule has 2 aliphatic heterocycles. The molecule has 3 heterocycles. The van der Waals surface area contributed by atoms with Crippen LogP contribution >= 0.6 is 0 Å². The minimum Gasteiger partial charge on any atom is -0.468 e. The van der Waals surface area contributed by atoms with Crippen LogP contribution in [0.2, 0.25) is 0 Å². The predicted molar refractivity (Wildman–Crippen MR) is 58.5 cm³/mol. The first-order valence-corrected chi connectivity index (χ1v) is 5.83. The summed E-state index contributed by atoms with van der Waals surface area (Å²) in [5.74, 6) is 2.83. The van der Waals surface area contributed by atoms with Gasteiger partial charge in [0.2, 0.25) is 0 Å². The third kappa shape index (κ3) is 1.60. The summed E-state index contributed by atoms with van der Waals surface area (Å²) in [5, 5.41) is 3.47. The van der Waals surface area contributed by atoms with Crippen LogP contribution in [-0.4, -0.2) is 31.1 Å². The summed E-state index contributed by atoms with van der Waals surface area (Å²) >= 11 is 0. The van der Waals surface area contributed by atoms with Gasteiger partial charge in [0, 0.05) is 13.1 Å². The number of furan rings is 1. The minimum atomic E-state index is 0.436. The molecule has 2 fully saturated rings. The van der Waals surface area contributed by atoms with Crippen LogP contribution in [0.25, 0.3) is 0 Å². The van der Waals surface area contributed by atoms with E-state index in [1.54, 1.807) is 6.26 Å². The van der Waals surface area contributed by atoms with Gasteiger partial charge in [-0.2, -0.15) is 0 Å². The monoisotopic (exact) mass is 206 g/mol. The standard InChI is InChI=1S/C12H18N2O/c1-9(12-3-2-4-15-12)14-7-10-5-13-6-11(10)8-14/h2-4,9-11,13H,5-8H2,1H3. The summed E-state index contributed by atoms with van der Waals surface area (Å²) in [6.07, 6.45) is 1.77. The fourth-order valence-electron chi connectivity index (χ4n) is 2.92. The zero-order chi connectivity index (χ0) is 10.3. The molecular weight excluding hydrogens is 188 g/mol. The smallest absolute Gasteiger partial charge is 0.120 e. The normalized spacial score (nSPS) is 33.1. The number of nitrogens with zero attached hydrogens (tertiary/aromatic N) is 1. The third-order valence-electron chi connectivity index (χ3n) is 3.92.